The summed E-state index contributed by atoms with van der Waals surface area (Å²) < 4.78 is 11.4. The quantitative estimate of drug-likeness (QED) is 0.146. The van der Waals surface area contributed by atoms with Gasteiger partial charge in [0.25, 0.3) is 17.7 Å². The Morgan fingerprint density at radius 2 is 1.36 bits per heavy atom. The molecule has 0 bridgehead atoms. The molecule has 0 saturated carbocycles. The predicted molar refractivity (Wildman–Crippen MR) is 174 cm³/mol. The number of hydrogen-bond donors (Lipinski definition) is 1. The van der Waals surface area contributed by atoms with E-state index in [2.05, 4.69) is 5.32 Å². The van der Waals surface area contributed by atoms with E-state index in [1.165, 1.54) is 24.3 Å². The molecular weight excluding hydrogens is 641 g/mol. The minimum absolute atomic E-state index is 0.0572. The average molecular weight is 665 g/mol. The Kier molecular flexibility index (Phi) is 9.73. The highest BCUT2D eigenvalue weighted by atomic mass is 35.5. The third-order valence-electron chi connectivity index (χ3n) is 6.47. The first-order valence-electron chi connectivity index (χ1n) is 13.6. The summed E-state index contributed by atoms with van der Waals surface area (Å²) >= 11 is 18.5. The van der Waals surface area contributed by atoms with Crippen molar-refractivity contribution in [3.05, 3.63) is 117 Å². The monoisotopic (exact) mass is 663 g/mol. The second-order valence-electron chi connectivity index (χ2n) is 9.52. The van der Waals surface area contributed by atoms with Gasteiger partial charge in [-0.3, -0.25) is 14.4 Å². The fourth-order valence-corrected chi connectivity index (χ4v) is 5.06. The van der Waals surface area contributed by atoms with Crippen molar-refractivity contribution in [2.75, 3.05) is 28.3 Å². The number of anilines is 3. The average Bonchev–Trinajstić information content (AvgIpc) is 3.02. The molecule has 0 atom stereocenters. The Morgan fingerprint density at radius 1 is 0.756 bits per heavy atom. The lowest BCUT2D eigenvalue weighted by Gasteiger charge is -2.34. The largest absolute Gasteiger partial charge is 0.490 e. The normalized spacial score (nSPS) is 13.2. The zero-order chi connectivity index (χ0) is 32.1. The molecule has 45 heavy (non-hydrogen) atoms. The molecule has 1 fully saturated rings. The number of rotatable bonds is 9. The molecule has 4 aromatic rings. The summed E-state index contributed by atoms with van der Waals surface area (Å²) in [6.45, 7) is 1.55. The second-order valence-corrected chi connectivity index (χ2v) is 10.7. The summed E-state index contributed by atoms with van der Waals surface area (Å²) in [5, 5.41) is 3.33. The third-order valence-corrected chi connectivity index (χ3v) is 7.49. The van der Waals surface area contributed by atoms with E-state index >= 15 is 0 Å². The molecule has 0 aliphatic carbocycles. The SMILES string of the molecule is CCOc1cc(C=C2C(=O)N(c3ccccc3)C(=O)N(c3ccccc3)C2=O)cc(Cl)c1OCC(=O)Nc1ccc(Cl)c(Cl)c1. The molecule has 4 aromatic carbocycles. The number of carbonyl (C=O) groups is 4. The van der Waals surface area contributed by atoms with Crippen molar-refractivity contribution in [1.29, 1.82) is 0 Å². The summed E-state index contributed by atoms with van der Waals surface area (Å²) in [7, 11) is 0. The summed E-state index contributed by atoms with van der Waals surface area (Å²) in [6, 6.07) is 23.4. The molecule has 9 nitrogen and oxygen atoms in total. The van der Waals surface area contributed by atoms with Gasteiger partial charge in [0.2, 0.25) is 0 Å². The number of carbonyl (C=O) groups excluding carboxylic acids is 4. The van der Waals surface area contributed by atoms with Gasteiger partial charge >= 0.3 is 6.03 Å². The van der Waals surface area contributed by atoms with Crippen LogP contribution in [0.5, 0.6) is 11.5 Å². The van der Waals surface area contributed by atoms with Gasteiger partial charge in [0.05, 0.1) is 33.0 Å². The van der Waals surface area contributed by atoms with Gasteiger partial charge < -0.3 is 14.8 Å². The maximum absolute atomic E-state index is 13.7. The first kappa shape index (κ1) is 31.6. The Hall–Kier alpha value is -4.83. The number of barbiturate groups is 1. The van der Waals surface area contributed by atoms with E-state index in [1.54, 1.807) is 79.7 Å². The van der Waals surface area contributed by atoms with Gasteiger partial charge in [-0.1, -0.05) is 71.2 Å². The smallest absolute Gasteiger partial charge is 0.343 e. The Morgan fingerprint density at radius 3 is 1.91 bits per heavy atom. The van der Waals surface area contributed by atoms with Gasteiger partial charge in [0, 0.05) is 5.69 Å². The molecule has 228 valence electrons. The lowest BCUT2D eigenvalue weighted by molar-refractivity contribution is -0.121. The number of halogens is 3. The molecule has 5 rings (SSSR count). The summed E-state index contributed by atoms with van der Waals surface area (Å²) in [4.78, 5) is 55.4. The molecule has 0 radical (unpaired) electrons. The third kappa shape index (κ3) is 6.96. The number of para-hydroxylation sites is 2. The van der Waals surface area contributed by atoms with E-state index in [4.69, 9.17) is 44.3 Å². The minimum atomic E-state index is -0.810. The Labute approximate surface area is 273 Å². The van der Waals surface area contributed by atoms with Crippen LogP contribution in [0, 0.1) is 0 Å². The fraction of sp³-hybridized carbons (Fsp3) is 0.0909. The lowest BCUT2D eigenvalue weighted by atomic mass is 10.0. The molecule has 1 saturated heterocycles. The molecular formula is C33H24Cl3N3O6. The van der Waals surface area contributed by atoms with Crippen LogP contribution in [0.2, 0.25) is 15.1 Å². The van der Waals surface area contributed by atoms with Crippen LogP contribution in [-0.2, 0) is 14.4 Å². The molecule has 5 amide bonds. The molecule has 1 aliphatic rings. The highest BCUT2D eigenvalue weighted by Gasteiger charge is 2.43. The van der Waals surface area contributed by atoms with Gasteiger partial charge in [-0.25, -0.2) is 14.6 Å². The maximum atomic E-state index is 13.7. The van der Waals surface area contributed by atoms with Crippen molar-refractivity contribution in [2.45, 2.75) is 6.92 Å². The first-order chi connectivity index (χ1) is 21.7. The van der Waals surface area contributed by atoms with Crippen molar-refractivity contribution in [3.8, 4) is 11.5 Å². The number of amides is 5. The van der Waals surface area contributed by atoms with Crippen LogP contribution in [-0.4, -0.2) is 37.0 Å². The fourth-order valence-electron chi connectivity index (χ4n) is 4.49. The van der Waals surface area contributed by atoms with E-state index in [1.807, 2.05) is 0 Å². The predicted octanol–water partition coefficient (Wildman–Crippen LogP) is 7.65. The van der Waals surface area contributed by atoms with Crippen LogP contribution in [0.1, 0.15) is 12.5 Å². The van der Waals surface area contributed by atoms with Crippen LogP contribution in [0.3, 0.4) is 0 Å². The maximum Gasteiger partial charge on any atom is 0.343 e. The topological polar surface area (TPSA) is 105 Å². The molecule has 0 aromatic heterocycles. The van der Waals surface area contributed by atoms with E-state index in [0.717, 1.165) is 9.80 Å². The van der Waals surface area contributed by atoms with Crippen molar-refractivity contribution in [2.24, 2.45) is 0 Å². The lowest BCUT2D eigenvalue weighted by Crippen LogP contribution is -2.57. The van der Waals surface area contributed by atoms with Crippen molar-refractivity contribution >= 4 is 81.7 Å². The summed E-state index contributed by atoms with van der Waals surface area (Å²) in [5.74, 6) is -1.86. The zero-order valence-corrected chi connectivity index (χ0v) is 25.9. The van der Waals surface area contributed by atoms with Crippen LogP contribution in [0.25, 0.3) is 6.08 Å². The number of imide groups is 2. The van der Waals surface area contributed by atoms with Crippen LogP contribution >= 0.6 is 34.8 Å². The van der Waals surface area contributed by atoms with E-state index in [0.29, 0.717) is 27.6 Å². The van der Waals surface area contributed by atoms with Gasteiger partial charge in [0.1, 0.15) is 5.57 Å². The molecule has 0 unspecified atom stereocenters. The number of urea groups is 1. The van der Waals surface area contributed by atoms with Gasteiger partial charge in [-0.05, 0) is 73.2 Å². The van der Waals surface area contributed by atoms with E-state index in [-0.39, 0.29) is 33.7 Å². The number of benzene rings is 4. The molecule has 1 aliphatic heterocycles. The van der Waals surface area contributed by atoms with Crippen molar-refractivity contribution in [3.63, 3.8) is 0 Å². The van der Waals surface area contributed by atoms with E-state index in [9.17, 15) is 19.2 Å². The number of ether oxygens (including phenoxy) is 2. The van der Waals surface area contributed by atoms with Gasteiger partial charge in [-0.15, -0.1) is 0 Å². The summed E-state index contributed by atoms with van der Waals surface area (Å²) in [5.41, 5.74) is 1.05. The van der Waals surface area contributed by atoms with Crippen LogP contribution in [0.4, 0.5) is 21.9 Å². The van der Waals surface area contributed by atoms with Crippen molar-refractivity contribution < 1.29 is 28.7 Å². The Bertz CT molecular complexity index is 1750. The molecule has 0 spiro atoms. The number of nitrogens with zero attached hydrogens (tertiary/aromatic N) is 2. The van der Waals surface area contributed by atoms with Crippen LogP contribution in [0.15, 0.2) is 96.6 Å². The second kappa shape index (κ2) is 13.9. The Balaban J connectivity index is 1.46. The number of nitrogens with one attached hydrogen (secondary N) is 1. The summed E-state index contributed by atoms with van der Waals surface area (Å²) in [6.07, 6.45) is 1.33. The zero-order valence-electron chi connectivity index (χ0n) is 23.6. The molecule has 1 heterocycles. The van der Waals surface area contributed by atoms with Gasteiger partial charge in [-0.2, -0.15) is 0 Å². The van der Waals surface area contributed by atoms with Crippen molar-refractivity contribution in [1.82, 2.24) is 0 Å². The van der Waals surface area contributed by atoms with Gasteiger partial charge in [0.15, 0.2) is 18.1 Å². The highest BCUT2D eigenvalue weighted by Crippen LogP contribution is 2.38. The highest BCUT2D eigenvalue weighted by molar-refractivity contribution is 6.46. The van der Waals surface area contributed by atoms with E-state index < -0.39 is 30.4 Å². The molecule has 1 N–H and O–H groups in total. The standard InChI is InChI=1S/C33H24Cl3N3O6/c1-2-44-28-17-20(16-27(36)30(28)45-19-29(40)37-21-13-14-25(34)26(35)18-21)15-24-31(41)38(22-9-5-3-6-10-22)33(43)39(32(24)42)23-11-7-4-8-12-23/h3-18H,2,19H2,1H3,(H,37,40). The van der Waals surface area contributed by atoms with Crippen LogP contribution < -0.4 is 24.6 Å². The first-order valence-corrected chi connectivity index (χ1v) is 14.7. The minimum Gasteiger partial charge on any atom is -0.490 e. The number of hydrogen-bond acceptors (Lipinski definition) is 6. The molecule has 12 heteroatoms.